The van der Waals surface area contributed by atoms with Crippen molar-refractivity contribution in [2.24, 2.45) is 5.92 Å². The SMILES string of the molecule is O=C(O)C(O)=CC(=O)C1CCC1. The fourth-order valence-electron chi connectivity index (χ4n) is 1.01. The fraction of sp³-hybridized carbons (Fsp3) is 0.500. The van der Waals surface area contributed by atoms with Crippen molar-refractivity contribution in [3.63, 3.8) is 0 Å². The number of rotatable bonds is 3. The third-order valence-corrected chi connectivity index (χ3v) is 2.01. The molecule has 1 aliphatic carbocycles. The number of allylic oxidation sites excluding steroid dienone is 1. The van der Waals surface area contributed by atoms with Crippen LogP contribution in [0.25, 0.3) is 0 Å². The molecule has 0 aromatic heterocycles. The largest absolute Gasteiger partial charge is 0.502 e. The van der Waals surface area contributed by atoms with E-state index in [4.69, 9.17) is 10.2 Å². The molecule has 66 valence electrons. The standard InChI is InChI=1S/C8H10O4/c9-6(5-2-1-3-5)4-7(10)8(11)12/h4-5,10H,1-3H2,(H,11,12). The summed E-state index contributed by atoms with van der Waals surface area (Å²) in [6, 6.07) is 0. The van der Waals surface area contributed by atoms with E-state index in [1.165, 1.54) is 0 Å². The van der Waals surface area contributed by atoms with Crippen LogP contribution in [0.3, 0.4) is 0 Å². The van der Waals surface area contributed by atoms with Crippen LogP contribution in [0.1, 0.15) is 19.3 Å². The van der Waals surface area contributed by atoms with Gasteiger partial charge in [0.25, 0.3) is 0 Å². The highest BCUT2D eigenvalue weighted by atomic mass is 16.4. The van der Waals surface area contributed by atoms with Crippen LogP contribution in [-0.4, -0.2) is 22.0 Å². The fourth-order valence-corrected chi connectivity index (χ4v) is 1.01. The van der Waals surface area contributed by atoms with Crippen LogP contribution >= 0.6 is 0 Å². The lowest BCUT2D eigenvalue weighted by atomic mass is 9.82. The summed E-state index contributed by atoms with van der Waals surface area (Å²) >= 11 is 0. The molecule has 0 aromatic carbocycles. The Morgan fingerprint density at radius 2 is 1.83 bits per heavy atom. The van der Waals surface area contributed by atoms with Crippen molar-refractivity contribution in [3.05, 3.63) is 11.8 Å². The molecule has 0 aliphatic heterocycles. The molecule has 4 heteroatoms. The quantitative estimate of drug-likeness (QED) is 0.487. The van der Waals surface area contributed by atoms with E-state index in [1.54, 1.807) is 0 Å². The van der Waals surface area contributed by atoms with E-state index >= 15 is 0 Å². The highest BCUT2D eigenvalue weighted by Gasteiger charge is 2.24. The Balaban J connectivity index is 2.53. The van der Waals surface area contributed by atoms with Gasteiger partial charge in [0.05, 0.1) is 0 Å². The second-order valence-electron chi connectivity index (χ2n) is 2.86. The molecular weight excluding hydrogens is 160 g/mol. The van der Waals surface area contributed by atoms with Crippen LogP contribution < -0.4 is 0 Å². The Morgan fingerprint density at radius 3 is 2.17 bits per heavy atom. The average molecular weight is 170 g/mol. The predicted molar refractivity (Wildman–Crippen MR) is 40.7 cm³/mol. The van der Waals surface area contributed by atoms with E-state index in [0.717, 1.165) is 25.3 Å². The van der Waals surface area contributed by atoms with Crippen molar-refractivity contribution in [1.29, 1.82) is 0 Å². The zero-order valence-electron chi connectivity index (χ0n) is 6.49. The summed E-state index contributed by atoms with van der Waals surface area (Å²) in [4.78, 5) is 21.1. The van der Waals surface area contributed by atoms with Crippen molar-refractivity contribution in [3.8, 4) is 0 Å². The number of aliphatic hydroxyl groups is 1. The Kier molecular flexibility index (Phi) is 2.47. The van der Waals surface area contributed by atoms with E-state index in [2.05, 4.69) is 0 Å². The van der Waals surface area contributed by atoms with Gasteiger partial charge in [-0.2, -0.15) is 0 Å². The topological polar surface area (TPSA) is 74.6 Å². The molecule has 0 unspecified atom stereocenters. The number of carbonyl (C=O) groups is 2. The number of aliphatic hydroxyl groups excluding tert-OH is 1. The number of carboxylic acids is 1. The summed E-state index contributed by atoms with van der Waals surface area (Å²) in [5.74, 6) is -2.66. The molecule has 1 saturated carbocycles. The van der Waals surface area contributed by atoms with Crippen LogP contribution in [0.5, 0.6) is 0 Å². The average Bonchev–Trinajstić information content (AvgIpc) is 1.82. The smallest absolute Gasteiger partial charge is 0.371 e. The Bertz CT molecular complexity index is 237. The molecule has 4 nitrogen and oxygen atoms in total. The zero-order chi connectivity index (χ0) is 9.14. The Hall–Kier alpha value is -1.32. The van der Waals surface area contributed by atoms with Crippen LogP contribution in [-0.2, 0) is 9.59 Å². The molecule has 0 radical (unpaired) electrons. The number of hydrogen-bond acceptors (Lipinski definition) is 3. The summed E-state index contributed by atoms with van der Waals surface area (Å²) < 4.78 is 0. The Labute approximate surface area is 69.5 Å². The normalized spacial score (nSPS) is 18.5. The third-order valence-electron chi connectivity index (χ3n) is 2.01. The highest BCUT2D eigenvalue weighted by Crippen LogP contribution is 2.27. The maximum Gasteiger partial charge on any atom is 0.371 e. The van der Waals surface area contributed by atoms with Gasteiger partial charge in [0, 0.05) is 12.0 Å². The molecule has 0 saturated heterocycles. The summed E-state index contributed by atoms with van der Waals surface area (Å²) in [7, 11) is 0. The molecule has 0 spiro atoms. The van der Waals surface area contributed by atoms with Crippen LogP contribution in [0, 0.1) is 5.92 Å². The molecule has 12 heavy (non-hydrogen) atoms. The lowest BCUT2D eigenvalue weighted by Crippen LogP contribution is -2.21. The minimum absolute atomic E-state index is 0.0634. The minimum atomic E-state index is -1.46. The summed E-state index contributed by atoms with van der Waals surface area (Å²) in [5, 5.41) is 16.9. The molecule has 2 N–H and O–H groups in total. The monoisotopic (exact) mass is 170 g/mol. The molecule has 0 aromatic rings. The van der Waals surface area contributed by atoms with E-state index in [9.17, 15) is 9.59 Å². The molecule has 0 bridgehead atoms. The molecule has 0 atom stereocenters. The maximum absolute atomic E-state index is 11.0. The van der Waals surface area contributed by atoms with Gasteiger partial charge in [-0.1, -0.05) is 6.42 Å². The molecule has 1 fully saturated rings. The molecule has 1 aliphatic rings. The van der Waals surface area contributed by atoms with Crippen molar-refractivity contribution in [1.82, 2.24) is 0 Å². The second-order valence-corrected chi connectivity index (χ2v) is 2.86. The van der Waals surface area contributed by atoms with Gasteiger partial charge in [0.1, 0.15) is 0 Å². The van der Waals surface area contributed by atoms with Crippen molar-refractivity contribution in [2.45, 2.75) is 19.3 Å². The first-order valence-electron chi connectivity index (χ1n) is 3.79. The third kappa shape index (κ3) is 1.84. The summed E-state index contributed by atoms with van der Waals surface area (Å²) in [6.45, 7) is 0. The lowest BCUT2D eigenvalue weighted by Gasteiger charge is -2.21. The maximum atomic E-state index is 11.0. The van der Waals surface area contributed by atoms with Crippen LogP contribution in [0.4, 0.5) is 0 Å². The second kappa shape index (κ2) is 3.38. The molecule has 0 amide bonds. The van der Waals surface area contributed by atoms with Crippen LogP contribution in [0.2, 0.25) is 0 Å². The predicted octanol–water partition coefficient (Wildman–Crippen LogP) is 0.882. The van der Waals surface area contributed by atoms with Gasteiger partial charge in [-0.05, 0) is 12.8 Å². The van der Waals surface area contributed by atoms with Crippen molar-refractivity contribution < 1.29 is 19.8 Å². The molecule has 1 rings (SSSR count). The van der Waals surface area contributed by atoms with Crippen molar-refractivity contribution >= 4 is 11.8 Å². The first kappa shape index (κ1) is 8.77. The van der Waals surface area contributed by atoms with Gasteiger partial charge in [0.2, 0.25) is 5.76 Å². The molecular formula is C8H10O4. The van der Waals surface area contributed by atoms with E-state index in [0.29, 0.717) is 0 Å². The van der Waals surface area contributed by atoms with E-state index in [1.807, 2.05) is 0 Å². The van der Waals surface area contributed by atoms with Gasteiger partial charge in [-0.25, -0.2) is 4.79 Å². The van der Waals surface area contributed by atoms with Gasteiger partial charge in [-0.15, -0.1) is 0 Å². The van der Waals surface area contributed by atoms with Gasteiger partial charge in [-0.3, -0.25) is 4.79 Å². The first-order chi connectivity index (χ1) is 5.61. The number of aliphatic carboxylic acids is 1. The number of ketones is 1. The lowest BCUT2D eigenvalue weighted by molar-refractivity contribution is -0.136. The van der Waals surface area contributed by atoms with E-state index in [-0.39, 0.29) is 11.7 Å². The molecule has 0 heterocycles. The van der Waals surface area contributed by atoms with Gasteiger partial charge >= 0.3 is 5.97 Å². The number of carbonyl (C=O) groups excluding carboxylic acids is 1. The summed E-state index contributed by atoms with van der Waals surface area (Å²) in [6.07, 6.45) is 3.43. The summed E-state index contributed by atoms with van der Waals surface area (Å²) in [5.41, 5.74) is 0. The first-order valence-corrected chi connectivity index (χ1v) is 3.79. The highest BCUT2D eigenvalue weighted by molar-refractivity contribution is 5.98. The Morgan fingerprint density at radius 1 is 1.25 bits per heavy atom. The van der Waals surface area contributed by atoms with Crippen molar-refractivity contribution in [2.75, 3.05) is 0 Å². The van der Waals surface area contributed by atoms with Crippen LogP contribution in [0.15, 0.2) is 11.8 Å². The van der Waals surface area contributed by atoms with Gasteiger partial charge < -0.3 is 10.2 Å². The number of carboxylic acid groups (broad SMARTS) is 1. The zero-order valence-corrected chi connectivity index (χ0v) is 6.49. The van der Waals surface area contributed by atoms with Gasteiger partial charge in [0.15, 0.2) is 5.78 Å². The van der Waals surface area contributed by atoms with E-state index < -0.39 is 11.7 Å². The minimum Gasteiger partial charge on any atom is -0.502 e. The number of hydrogen-bond donors (Lipinski definition) is 2.